The molecule has 664 valence electrons. The highest BCUT2D eigenvalue weighted by atomic mass is 16.5. The van der Waals surface area contributed by atoms with Crippen LogP contribution in [0.2, 0.25) is 0 Å². The number of nitrogens with one attached hydrogen (secondary N) is 2. The number of unbranched alkanes of at least 4 members (excludes halogenated alkanes) is 45. The fourth-order valence-corrected chi connectivity index (χ4v) is 18.6. The van der Waals surface area contributed by atoms with Gasteiger partial charge in [-0.05, 0) is 154 Å². The summed E-state index contributed by atoms with van der Waals surface area (Å²) in [7, 11) is 0. The fraction of sp³-hybridized carbons (Fsp3) is 0.694. The number of hydrogen-bond donors (Lipinski definition) is 2. The Kier molecular flexibility index (Phi) is 46.7. The van der Waals surface area contributed by atoms with Crippen molar-refractivity contribution in [3.05, 3.63) is 81.4 Å². The van der Waals surface area contributed by atoms with Crippen LogP contribution in [-0.2, 0) is 54.5 Å². The smallest absolute Gasteiger partial charge is 0.305 e. The van der Waals surface area contributed by atoms with Crippen molar-refractivity contribution in [3.8, 4) is 57.1 Å². The molecule has 0 spiro atoms. The van der Waals surface area contributed by atoms with Crippen LogP contribution in [0.4, 0.5) is 0 Å². The van der Waals surface area contributed by atoms with Crippen LogP contribution in [0.3, 0.4) is 0 Å². The van der Waals surface area contributed by atoms with Gasteiger partial charge in [0.05, 0.1) is 30.6 Å². The van der Waals surface area contributed by atoms with E-state index in [1.54, 1.807) is 0 Å². The average Bonchev–Trinajstić information content (AvgIpc) is 1.57. The summed E-state index contributed by atoms with van der Waals surface area (Å²) < 4.78 is 20.4. The van der Waals surface area contributed by atoms with Crippen molar-refractivity contribution in [2.75, 3.05) is 19.8 Å². The highest BCUT2D eigenvalue weighted by Crippen LogP contribution is 2.48. The van der Waals surface area contributed by atoms with E-state index in [0.29, 0.717) is 62.0 Å². The highest BCUT2D eigenvalue weighted by molar-refractivity contribution is 6.13. The van der Waals surface area contributed by atoms with E-state index in [1.807, 2.05) is 0 Å². The third-order valence-corrected chi connectivity index (χ3v) is 25.9. The van der Waals surface area contributed by atoms with Crippen LogP contribution in [0.1, 0.15) is 461 Å². The molecule has 12 heteroatoms. The molecule has 12 nitrogen and oxygen atoms in total. The van der Waals surface area contributed by atoms with Crippen LogP contribution in [0.5, 0.6) is 11.5 Å². The maximum absolute atomic E-state index is 13.6. The molecule has 0 saturated carbocycles. The van der Waals surface area contributed by atoms with E-state index in [0.717, 1.165) is 189 Å². The molecule has 3 aromatic heterocycles. The number of benzene rings is 4. The number of hydrogen-bond acceptors (Lipinski definition) is 10. The quantitative estimate of drug-likeness (QED) is 0.0278. The molecule has 9 rings (SSSR count). The highest BCUT2D eigenvalue weighted by Gasteiger charge is 2.32. The van der Waals surface area contributed by atoms with E-state index in [-0.39, 0.29) is 5.97 Å². The number of aromatic amines is 2. The zero-order valence-electron chi connectivity index (χ0n) is 78.0. The summed E-state index contributed by atoms with van der Waals surface area (Å²) >= 11 is 0. The third kappa shape index (κ3) is 30.9. The lowest BCUT2D eigenvalue weighted by Crippen LogP contribution is -2.07. The van der Waals surface area contributed by atoms with Gasteiger partial charge in [-0.3, -0.25) is 4.79 Å². The van der Waals surface area contributed by atoms with Crippen LogP contribution in [0.15, 0.2) is 42.5 Å². The van der Waals surface area contributed by atoms with Gasteiger partial charge in [0, 0.05) is 39.4 Å². The second kappa shape index (κ2) is 57.7. The van der Waals surface area contributed by atoms with E-state index in [9.17, 15) is 4.79 Å². The monoisotopic (exact) mass is 1640 g/mol. The molecular weight excluding hydrogens is 1470 g/mol. The topological polar surface area (TPSA) is 154 Å². The first-order chi connectivity index (χ1) is 59.2. The summed E-state index contributed by atoms with van der Waals surface area (Å²) in [6.45, 7) is 22.0. The third-order valence-electron chi connectivity index (χ3n) is 25.9. The van der Waals surface area contributed by atoms with Crippen molar-refractivity contribution in [1.29, 1.82) is 0 Å². The Morgan fingerprint density at radius 3 is 0.817 bits per heavy atom. The number of nitrogens with zero attached hydrogens (tertiary/aromatic N) is 6. The lowest BCUT2D eigenvalue weighted by Gasteiger charge is -2.16. The summed E-state index contributed by atoms with van der Waals surface area (Å²) in [6, 6.07) is 17.0. The van der Waals surface area contributed by atoms with Gasteiger partial charge in [-0.15, -0.1) is 0 Å². The molecule has 7 aromatic rings. The standard InChI is InChI=1S/C108H168N8O4/c1-10-19-28-34-40-46-52-58-65-83-73-74-84(66-59-53-47-41-35-29-20-11-2)93-92(83)101-109-102(93)111-104-95-86(68-61-55-49-43-37-31-22-13-4)76-78-88(70-63-57-51-45-39-33-24-15-6)97(95)106(113-104)115-108-99-98(90(118-79-25-16-7)82-89(100(99)120-81-27-18-9)71-64-72-91(117)119-80-26-17-8)107(116-108)114-105-96-87(69-62-56-50-44-38-32-23-14-5)77-75-85(94(96)103(110-101)112-105)67-60-54-48-42-36-30-21-12-3/h73-78,82H,10-72,79-81H2,1-9H3,(H2,109,110,111,112,113,114,115,116). The normalized spacial score (nSPS) is 11.9. The van der Waals surface area contributed by atoms with E-state index in [1.165, 1.54) is 314 Å². The summed E-state index contributed by atoms with van der Waals surface area (Å²) in [6.07, 6.45) is 72.7. The number of aryl methyl sites for hydroxylation is 7. The number of carbonyl (C=O) groups is 1. The molecule has 0 radical (unpaired) electrons. The van der Waals surface area contributed by atoms with Crippen LogP contribution in [0.25, 0.3) is 89.7 Å². The number of ether oxygens (including phenoxy) is 3. The molecule has 4 aromatic carbocycles. The van der Waals surface area contributed by atoms with Crippen LogP contribution < -0.4 is 9.47 Å². The zero-order valence-corrected chi connectivity index (χ0v) is 78.0. The van der Waals surface area contributed by atoms with E-state index < -0.39 is 0 Å². The maximum Gasteiger partial charge on any atom is 0.305 e. The van der Waals surface area contributed by atoms with Crippen molar-refractivity contribution in [2.24, 2.45) is 0 Å². The maximum atomic E-state index is 13.6. The molecule has 5 heterocycles. The number of carbonyl (C=O) groups excluding carboxylic acids is 1. The zero-order chi connectivity index (χ0) is 84.4. The van der Waals surface area contributed by atoms with Gasteiger partial charge in [0.25, 0.3) is 0 Å². The summed E-state index contributed by atoms with van der Waals surface area (Å²) in [5.41, 5.74) is 16.2. The van der Waals surface area contributed by atoms with E-state index >= 15 is 0 Å². The molecule has 120 heavy (non-hydrogen) atoms. The lowest BCUT2D eigenvalue weighted by molar-refractivity contribution is -0.143. The summed E-state index contributed by atoms with van der Waals surface area (Å²) in [4.78, 5) is 58.4. The molecular formula is C108H168N8O4. The van der Waals surface area contributed by atoms with Crippen LogP contribution in [-0.4, -0.2) is 65.7 Å². The number of esters is 1. The predicted molar refractivity (Wildman–Crippen MR) is 514 cm³/mol. The largest absolute Gasteiger partial charge is 0.493 e. The SMILES string of the molecule is CCCCCCCCCCc1ccc(CCCCCCCCCC)c2c1-c1nc-2nc2[nH]c(nc3nc(nc4[nH]c(n1)c1c(CCCCCCCCCC)ccc(CCCCCCCCCC)c41)-c1c(CCCCCCCCCC)ccc(CCCCCCCCCC)c1-3)c1c(OCCCC)c(CCCC(=O)OCCCC)cc(OCCCC)c21. The van der Waals surface area contributed by atoms with Gasteiger partial charge in [0.15, 0.2) is 23.3 Å². The Labute approximate surface area is 729 Å². The Morgan fingerprint density at radius 2 is 0.500 bits per heavy atom. The molecule has 0 aliphatic carbocycles. The first kappa shape index (κ1) is 97.1. The van der Waals surface area contributed by atoms with Crippen molar-refractivity contribution in [3.63, 3.8) is 0 Å². The van der Waals surface area contributed by atoms with Gasteiger partial charge in [0.1, 0.15) is 34.1 Å². The Bertz CT molecular complexity index is 4240. The average molecular weight is 1640 g/mol. The lowest BCUT2D eigenvalue weighted by atomic mass is 9.91. The molecule has 2 N–H and O–H groups in total. The van der Waals surface area contributed by atoms with Crippen molar-refractivity contribution >= 4 is 50.1 Å². The van der Waals surface area contributed by atoms with Gasteiger partial charge in [-0.1, -0.05) is 388 Å². The Balaban J connectivity index is 1.42. The fourth-order valence-electron chi connectivity index (χ4n) is 18.6. The second-order valence-corrected chi connectivity index (χ2v) is 36.3. The minimum Gasteiger partial charge on any atom is -0.493 e. The van der Waals surface area contributed by atoms with Crippen molar-refractivity contribution in [2.45, 2.75) is 467 Å². The Hall–Kier alpha value is -6.69. The second-order valence-electron chi connectivity index (χ2n) is 36.3. The first-order valence-corrected chi connectivity index (χ1v) is 51.1. The molecule has 2 aliphatic rings. The van der Waals surface area contributed by atoms with E-state index in [2.05, 4.69) is 115 Å². The Morgan fingerprint density at radius 1 is 0.250 bits per heavy atom. The number of rotatable bonds is 69. The van der Waals surface area contributed by atoms with Gasteiger partial charge in [0.2, 0.25) is 0 Å². The molecule has 2 aliphatic heterocycles. The van der Waals surface area contributed by atoms with Crippen molar-refractivity contribution in [1.82, 2.24) is 39.9 Å². The number of H-pyrrole nitrogens is 2. The van der Waals surface area contributed by atoms with Gasteiger partial charge in [-0.25, -0.2) is 29.9 Å². The molecule has 0 unspecified atom stereocenters. The minimum absolute atomic E-state index is 0.162. The predicted octanol–water partition coefficient (Wildman–Crippen LogP) is 33.0. The molecule has 0 saturated heterocycles. The van der Waals surface area contributed by atoms with E-state index in [4.69, 9.17) is 44.1 Å². The minimum atomic E-state index is -0.162. The van der Waals surface area contributed by atoms with Crippen molar-refractivity contribution < 1.29 is 19.0 Å². The first-order valence-electron chi connectivity index (χ1n) is 51.1. The summed E-state index contributed by atoms with van der Waals surface area (Å²) in [5, 5.41) is 4.02. The molecule has 0 fully saturated rings. The molecule has 8 bridgehead atoms. The number of fused-ring (bicyclic) bond motifs is 20. The van der Waals surface area contributed by atoms with Crippen LogP contribution in [0, 0.1) is 0 Å². The van der Waals surface area contributed by atoms with Crippen LogP contribution >= 0.6 is 0 Å². The summed E-state index contributed by atoms with van der Waals surface area (Å²) in [5.74, 6) is 4.09. The van der Waals surface area contributed by atoms with Gasteiger partial charge >= 0.3 is 5.97 Å². The number of aromatic nitrogens is 8. The van der Waals surface area contributed by atoms with Gasteiger partial charge in [-0.2, -0.15) is 0 Å². The molecule has 0 amide bonds. The molecule has 0 atom stereocenters. The van der Waals surface area contributed by atoms with Gasteiger partial charge < -0.3 is 24.2 Å².